The Hall–Kier alpha value is -1.47. The predicted molar refractivity (Wildman–Crippen MR) is 65.2 cm³/mol. The molecule has 0 aliphatic carbocycles. The Labute approximate surface area is 103 Å². The third-order valence-electron chi connectivity index (χ3n) is 1.99. The van der Waals surface area contributed by atoms with Gasteiger partial charge in [-0.2, -0.15) is 0 Å². The highest BCUT2D eigenvalue weighted by Gasteiger charge is 2.09. The molecule has 1 amide bonds. The highest BCUT2D eigenvalue weighted by molar-refractivity contribution is 7.13. The topological polar surface area (TPSA) is 82.5 Å². The van der Waals surface area contributed by atoms with Crippen molar-refractivity contribution in [3.05, 3.63) is 11.1 Å². The highest BCUT2D eigenvalue weighted by atomic mass is 32.1. The van der Waals surface area contributed by atoms with Crippen LogP contribution < -0.4 is 5.32 Å². The van der Waals surface area contributed by atoms with Crippen molar-refractivity contribution in [3.8, 4) is 0 Å². The third kappa shape index (κ3) is 5.41. The van der Waals surface area contributed by atoms with Crippen LogP contribution in [0.1, 0.15) is 12.1 Å². The first kappa shape index (κ1) is 13.6. The van der Waals surface area contributed by atoms with E-state index in [0.29, 0.717) is 11.7 Å². The number of amides is 1. The number of carboxylic acid groups (broad SMARTS) is 1. The second-order valence-electron chi connectivity index (χ2n) is 3.72. The van der Waals surface area contributed by atoms with Gasteiger partial charge in [-0.1, -0.05) is 0 Å². The summed E-state index contributed by atoms with van der Waals surface area (Å²) in [7, 11) is 1.70. The molecule has 1 rings (SSSR count). The van der Waals surface area contributed by atoms with Gasteiger partial charge in [0.1, 0.15) is 0 Å². The molecule has 2 N–H and O–H groups in total. The number of thiazole rings is 1. The molecule has 0 aromatic carbocycles. The van der Waals surface area contributed by atoms with Gasteiger partial charge in [0.15, 0.2) is 5.13 Å². The average molecular weight is 257 g/mol. The Kier molecular flexibility index (Phi) is 5.05. The second kappa shape index (κ2) is 6.31. The molecule has 17 heavy (non-hydrogen) atoms. The molecule has 0 fully saturated rings. The van der Waals surface area contributed by atoms with Crippen molar-refractivity contribution < 1.29 is 14.7 Å². The van der Waals surface area contributed by atoms with Gasteiger partial charge in [0, 0.05) is 11.9 Å². The van der Waals surface area contributed by atoms with Crippen molar-refractivity contribution in [2.75, 3.05) is 25.5 Å². The summed E-state index contributed by atoms with van der Waals surface area (Å²) < 4.78 is 0. The van der Waals surface area contributed by atoms with E-state index in [1.807, 2.05) is 12.3 Å². The zero-order chi connectivity index (χ0) is 12.8. The third-order valence-corrected chi connectivity index (χ3v) is 2.86. The van der Waals surface area contributed by atoms with E-state index in [4.69, 9.17) is 5.11 Å². The van der Waals surface area contributed by atoms with Crippen LogP contribution in [0.25, 0.3) is 0 Å². The zero-order valence-corrected chi connectivity index (χ0v) is 10.6. The summed E-state index contributed by atoms with van der Waals surface area (Å²) in [4.78, 5) is 27.7. The van der Waals surface area contributed by atoms with Crippen molar-refractivity contribution in [1.82, 2.24) is 9.88 Å². The molecule has 0 aliphatic rings. The molecule has 0 atom stereocenters. The minimum atomic E-state index is -0.868. The predicted octanol–water partition coefficient (Wildman–Crippen LogP) is 0.797. The van der Waals surface area contributed by atoms with Crippen LogP contribution in [0.3, 0.4) is 0 Å². The Morgan fingerprint density at radius 1 is 1.59 bits per heavy atom. The van der Waals surface area contributed by atoms with Gasteiger partial charge >= 0.3 is 5.97 Å². The maximum absolute atomic E-state index is 11.5. The molecule has 0 aliphatic heterocycles. The molecule has 0 spiro atoms. The van der Waals surface area contributed by atoms with Crippen LogP contribution in [0.5, 0.6) is 0 Å². The quantitative estimate of drug-likeness (QED) is 0.787. The molecule has 0 unspecified atom stereocenters. The number of aliphatic carboxylic acids is 1. The molecule has 0 radical (unpaired) electrons. The zero-order valence-electron chi connectivity index (χ0n) is 9.77. The average Bonchev–Trinajstić information content (AvgIpc) is 2.60. The fraction of sp³-hybridized carbons (Fsp3) is 0.500. The Bertz CT molecular complexity index is 405. The van der Waals surface area contributed by atoms with E-state index >= 15 is 0 Å². The Morgan fingerprint density at radius 3 is 2.82 bits per heavy atom. The van der Waals surface area contributed by atoms with E-state index in [1.54, 1.807) is 11.9 Å². The van der Waals surface area contributed by atoms with Gasteiger partial charge < -0.3 is 10.4 Å². The molecule has 6 nitrogen and oxygen atoms in total. The first-order valence-electron chi connectivity index (χ1n) is 5.09. The summed E-state index contributed by atoms with van der Waals surface area (Å²) in [6, 6.07) is 0. The molecular formula is C10H15N3O3S. The summed E-state index contributed by atoms with van der Waals surface area (Å²) >= 11 is 1.37. The van der Waals surface area contributed by atoms with Crippen LogP contribution in [-0.4, -0.2) is 47.0 Å². The molecule has 1 heterocycles. The fourth-order valence-corrected chi connectivity index (χ4v) is 1.89. The number of carbonyl (C=O) groups is 2. The number of carbonyl (C=O) groups excluding carboxylic acids is 1. The van der Waals surface area contributed by atoms with Crippen molar-refractivity contribution >= 4 is 28.3 Å². The number of likely N-dealkylation sites (N-methyl/N-ethyl adjacent to an activating group) is 1. The van der Waals surface area contributed by atoms with Gasteiger partial charge in [-0.3, -0.25) is 14.5 Å². The lowest BCUT2D eigenvalue weighted by molar-refractivity contribution is -0.137. The lowest BCUT2D eigenvalue weighted by Gasteiger charge is -2.13. The summed E-state index contributed by atoms with van der Waals surface area (Å²) in [5.41, 5.74) is 0.865. The lowest BCUT2D eigenvalue weighted by atomic mass is 10.4. The maximum atomic E-state index is 11.5. The summed E-state index contributed by atoms with van der Waals surface area (Å²) in [5.74, 6) is -1.06. The smallest absolute Gasteiger partial charge is 0.304 e. The number of carboxylic acids is 1. The highest BCUT2D eigenvalue weighted by Crippen LogP contribution is 2.13. The molecule has 0 saturated carbocycles. The number of aryl methyl sites for hydroxylation is 1. The lowest BCUT2D eigenvalue weighted by Crippen LogP contribution is -2.31. The van der Waals surface area contributed by atoms with Crippen molar-refractivity contribution in [2.24, 2.45) is 0 Å². The number of nitrogens with zero attached hydrogens (tertiary/aromatic N) is 2. The van der Waals surface area contributed by atoms with Crippen LogP contribution >= 0.6 is 11.3 Å². The Balaban J connectivity index is 2.31. The van der Waals surface area contributed by atoms with E-state index in [0.717, 1.165) is 5.69 Å². The van der Waals surface area contributed by atoms with Gasteiger partial charge in [-0.15, -0.1) is 11.3 Å². The normalized spacial score (nSPS) is 10.5. The fourth-order valence-electron chi connectivity index (χ4n) is 1.18. The van der Waals surface area contributed by atoms with E-state index in [9.17, 15) is 9.59 Å². The molecule has 1 aromatic heterocycles. The van der Waals surface area contributed by atoms with Gasteiger partial charge in [0.25, 0.3) is 0 Å². The monoisotopic (exact) mass is 257 g/mol. The largest absolute Gasteiger partial charge is 0.481 e. The summed E-state index contributed by atoms with van der Waals surface area (Å²) in [6.07, 6.45) is 0.0279. The van der Waals surface area contributed by atoms with Gasteiger partial charge in [0.05, 0.1) is 18.7 Å². The molecule has 1 aromatic rings. The molecule has 94 valence electrons. The first-order valence-corrected chi connectivity index (χ1v) is 5.97. The maximum Gasteiger partial charge on any atom is 0.304 e. The van der Waals surface area contributed by atoms with E-state index in [1.165, 1.54) is 11.3 Å². The minimum absolute atomic E-state index is 0.0279. The molecule has 0 saturated heterocycles. The summed E-state index contributed by atoms with van der Waals surface area (Å²) in [5, 5.41) is 13.6. The molecular weight excluding hydrogens is 242 g/mol. The van der Waals surface area contributed by atoms with Crippen LogP contribution in [0.4, 0.5) is 5.13 Å². The van der Waals surface area contributed by atoms with Crippen LogP contribution in [0, 0.1) is 6.92 Å². The molecule has 7 heteroatoms. The molecule has 0 bridgehead atoms. The van der Waals surface area contributed by atoms with Crippen LogP contribution in [-0.2, 0) is 9.59 Å². The number of hydrogen-bond acceptors (Lipinski definition) is 5. The van der Waals surface area contributed by atoms with Crippen molar-refractivity contribution in [2.45, 2.75) is 13.3 Å². The minimum Gasteiger partial charge on any atom is -0.481 e. The number of rotatable bonds is 6. The number of nitrogens with one attached hydrogen (secondary N) is 1. The Morgan fingerprint density at radius 2 is 2.29 bits per heavy atom. The van der Waals surface area contributed by atoms with Gasteiger partial charge in [0.2, 0.25) is 5.91 Å². The SMILES string of the molecule is Cc1csc(NC(=O)CN(C)CCC(=O)O)n1. The van der Waals surface area contributed by atoms with Gasteiger partial charge in [-0.25, -0.2) is 4.98 Å². The standard InChI is InChI=1S/C10H15N3O3S/c1-7-6-17-10(11-7)12-8(14)5-13(2)4-3-9(15)16/h6H,3-5H2,1-2H3,(H,15,16)(H,11,12,14). The van der Waals surface area contributed by atoms with Crippen LogP contribution in [0.15, 0.2) is 5.38 Å². The van der Waals surface area contributed by atoms with E-state index < -0.39 is 5.97 Å². The van der Waals surface area contributed by atoms with Crippen molar-refractivity contribution in [1.29, 1.82) is 0 Å². The summed E-state index contributed by atoms with van der Waals surface area (Å²) in [6.45, 7) is 2.36. The van der Waals surface area contributed by atoms with E-state index in [-0.39, 0.29) is 18.9 Å². The van der Waals surface area contributed by atoms with Crippen molar-refractivity contribution in [3.63, 3.8) is 0 Å². The van der Waals surface area contributed by atoms with E-state index in [2.05, 4.69) is 10.3 Å². The second-order valence-corrected chi connectivity index (χ2v) is 4.58. The van der Waals surface area contributed by atoms with Gasteiger partial charge in [-0.05, 0) is 14.0 Å². The number of hydrogen-bond donors (Lipinski definition) is 2. The van der Waals surface area contributed by atoms with Crippen LogP contribution in [0.2, 0.25) is 0 Å². The first-order chi connectivity index (χ1) is 7.97. The number of anilines is 1. The number of aromatic nitrogens is 1.